The molecular weight excluding hydrogens is 402 g/mol. The third kappa shape index (κ3) is 8.49. The van der Waals surface area contributed by atoms with Crippen molar-refractivity contribution in [3.8, 4) is 0 Å². The van der Waals surface area contributed by atoms with Crippen LogP contribution in [0.25, 0.3) is 0 Å². The second kappa shape index (κ2) is 13.3. The van der Waals surface area contributed by atoms with Gasteiger partial charge in [-0.05, 0) is 44.4 Å². The molecular formula is C22H37N3O6. The third-order valence-corrected chi connectivity index (χ3v) is 5.94. The van der Waals surface area contributed by atoms with Gasteiger partial charge in [-0.1, -0.05) is 25.5 Å². The van der Waals surface area contributed by atoms with E-state index in [1.54, 1.807) is 0 Å². The smallest absolute Gasteiger partial charge is 0.407 e. The van der Waals surface area contributed by atoms with Crippen LogP contribution < -0.4 is 10.6 Å². The van der Waals surface area contributed by atoms with Crippen molar-refractivity contribution in [1.82, 2.24) is 15.7 Å². The lowest BCUT2D eigenvalue weighted by atomic mass is 9.78. The molecule has 2 aliphatic heterocycles. The maximum Gasteiger partial charge on any atom is 0.407 e. The van der Waals surface area contributed by atoms with Gasteiger partial charge in [0.15, 0.2) is 0 Å². The fourth-order valence-electron chi connectivity index (χ4n) is 4.17. The average molecular weight is 440 g/mol. The van der Waals surface area contributed by atoms with Gasteiger partial charge >= 0.3 is 6.09 Å². The topological polar surface area (TPSA) is 117 Å². The molecule has 2 rings (SSSR count). The van der Waals surface area contributed by atoms with Gasteiger partial charge in [-0.2, -0.15) is 0 Å². The number of unbranched alkanes of at least 4 members (excludes halogenated alkanes) is 2. The molecule has 31 heavy (non-hydrogen) atoms. The van der Waals surface area contributed by atoms with E-state index in [0.717, 1.165) is 38.5 Å². The molecule has 0 aliphatic carbocycles. The monoisotopic (exact) mass is 439 g/mol. The lowest BCUT2D eigenvalue weighted by molar-refractivity contribution is -0.159. The number of hydroxylamine groups is 2. The third-order valence-electron chi connectivity index (χ3n) is 5.94. The standard InChI is InChI=1S/C22H37N3O6/c1-3-4-13-23-20(26)14-24-22(28)30-15-17-16(18-11-12-19(17)31-18)9-7-5-6-8-10-21(27)25(2)29/h5,7,16-19,29H,3-4,6,8-15H2,1-2H3,(H,23,26)(H,24,28)/b7-5-/t16-,17+,18-,19+/m1/s1. The van der Waals surface area contributed by atoms with Crippen molar-refractivity contribution < 1.29 is 29.1 Å². The second-order valence-electron chi connectivity index (χ2n) is 8.29. The molecule has 0 aromatic rings. The van der Waals surface area contributed by atoms with Gasteiger partial charge < -0.3 is 20.1 Å². The number of hydrogen-bond donors (Lipinski definition) is 3. The van der Waals surface area contributed by atoms with Gasteiger partial charge in [-0.15, -0.1) is 0 Å². The lowest BCUT2D eigenvalue weighted by Crippen LogP contribution is -2.39. The first-order chi connectivity index (χ1) is 14.9. The van der Waals surface area contributed by atoms with E-state index in [0.29, 0.717) is 30.4 Å². The zero-order valence-corrected chi connectivity index (χ0v) is 18.7. The molecule has 0 radical (unpaired) electrons. The molecule has 9 heteroatoms. The Labute approximate surface area is 184 Å². The van der Waals surface area contributed by atoms with Crippen molar-refractivity contribution >= 4 is 17.9 Å². The number of hydrogen-bond acceptors (Lipinski definition) is 6. The molecule has 2 aliphatic rings. The second-order valence-corrected chi connectivity index (χ2v) is 8.29. The molecule has 9 nitrogen and oxygen atoms in total. The zero-order valence-electron chi connectivity index (χ0n) is 18.7. The number of rotatable bonds is 13. The number of carbonyl (C=O) groups is 3. The Balaban J connectivity index is 1.67. The lowest BCUT2D eigenvalue weighted by Gasteiger charge is -2.26. The summed E-state index contributed by atoms with van der Waals surface area (Å²) in [6.07, 6.45) is 10.4. The molecule has 176 valence electrons. The van der Waals surface area contributed by atoms with E-state index < -0.39 is 6.09 Å². The highest BCUT2D eigenvalue weighted by Crippen LogP contribution is 2.45. The van der Waals surface area contributed by atoms with Crippen LogP contribution in [0, 0.1) is 11.8 Å². The van der Waals surface area contributed by atoms with Gasteiger partial charge in [0.05, 0.1) is 25.4 Å². The van der Waals surface area contributed by atoms with E-state index >= 15 is 0 Å². The van der Waals surface area contributed by atoms with Gasteiger partial charge in [0, 0.05) is 25.9 Å². The maximum atomic E-state index is 12.0. The minimum Gasteiger partial charge on any atom is -0.449 e. The predicted molar refractivity (Wildman–Crippen MR) is 114 cm³/mol. The number of amides is 3. The fraction of sp³-hybridized carbons (Fsp3) is 0.773. The van der Waals surface area contributed by atoms with Crippen molar-refractivity contribution in [1.29, 1.82) is 0 Å². The zero-order chi connectivity index (χ0) is 22.6. The molecule has 4 atom stereocenters. The molecule has 0 aromatic heterocycles. The summed E-state index contributed by atoms with van der Waals surface area (Å²) in [5, 5.41) is 14.9. The van der Waals surface area contributed by atoms with Crippen LogP contribution in [-0.2, 0) is 19.1 Å². The molecule has 0 aromatic carbocycles. The Morgan fingerprint density at radius 1 is 1.13 bits per heavy atom. The Morgan fingerprint density at radius 2 is 1.87 bits per heavy atom. The fourth-order valence-corrected chi connectivity index (χ4v) is 4.17. The summed E-state index contributed by atoms with van der Waals surface area (Å²) in [5.74, 6) is -0.0599. The number of nitrogens with one attached hydrogen (secondary N) is 2. The van der Waals surface area contributed by atoms with Crippen molar-refractivity contribution in [3.63, 3.8) is 0 Å². The quantitative estimate of drug-likeness (QED) is 0.176. The first-order valence-corrected chi connectivity index (χ1v) is 11.4. The van der Waals surface area contributed by atoms with Crippen LogP contribution in [0.5, 0.6) is 0 Å². The van der Waals surface area contributed by atoms with Crippen molar-refractivity contribution in [2.45, 2.75) is 70.5 Å². The van der Waals surface area contributed by atoms with Gasteiger partial charge in [-0.25, -0.2) is 9.86 Å². The summed E-state index contributed by atoms with van der Waals surface area (Å²) >= 11 is 0. The summed E-state index contributed by atoms with van der Waals surface area (Å²) in [6, 6.07) is 0. The summed E-state index contributed by atoms with van der Waals surface area (Å²) < 4.78 is 11.4. The van der Waals surface area contributed by atoms with Crippen LogP contribution in [0.2, 0.25) is 0 Å². The van der Waals surface area contributed by atoms with E-state index in [4.69, 9.17) is 14.7 Å². The molecule has 0 unspecified atom stereocenters. The van der Waals surface area contributed by atoms with E-state index in [-0.39, 0.29) is 43.1 Å². The first kappa shape index (κ1) is 25.1. The van der Waals surface area contributed by atoms with Crippen molar-refractivity contribution in [2.24, 2.45) is 11.8 Å². The van der Waals surface area contributed by atoms with E-state index in [9.17, 15) is 14.4 Å². The number of fused-ring (bicyclic) bond motifs is 2. The van der Waals surface area contributed by atoms with E-state index in [2.05, 4.69) is 22.8 Å². The normalized spacial score (nSPS) is 24.4. The first-order valence-electron chi connectivity index (χ1n) is 11.4. The highest BCUT2D eigenvalue weighted by molar-refractivity contribution is 5.82. The van der Waals surface area contributed by atoms with Gasteiger partial charge in [0.1, 0.15) is 0 Å². The summed E-state index contributed by atoms with van der Waals surface area (Å²) in [5.41, 5.74) is 0. The van der Waals surface area contributed by atoms with Crippen LogP contribution >= 0.6 is 0 Å². The summed E-state index contributed by atoms with van der Waals surface area (Å²) in [7, 11) is 1.33. The Bertz CT molecular complexity index is 624. The summed E-state index contributed by atoms with van der Waals surface area (Å²) in [6.45, 7) is 2.85. The summed E-state index contributed by atoms with van der Waals surface area (Å²) in [4.78, 5) is 35.0. The number of alkyl carbamates (subject to hydrolysis) is 1. The molecule has 3 amide bonds. The van der Waals surface area contributed by atoms with Gasteiger partial charge in [0.2, 0.25) is 11.8 Å². The Morgan fingerprint density at radius 3 is 2.58 bits per heavy atom. The molecule has 2 fully saturated rings. The number of nitrogens with zero attached hydrogens (tertiary/aromatic N) is 1. The van der Waals surface area contributed by atoms with Gasteiger partial charge in [0.25, 0.3) is 0 Å². The Kier molecular flexibility index (Phi) is 10.8. The average Bonchev–Trinajstić information content (AvgIpc) is 3.35. The van der Waals surface area contributed by atoms with Crippen LogP contribution in [-0.4, -0.2) is 67.1 Å². The molecule has 0 saturated carbocycles. The molecule has 0 spiro atoms. The highest BCUT2D eigenvalue weighted by atomic mass is 16.6. The molecule has 3 N–H and O–H groups in total. The minimum atomic E-state index is -0.582. The Hall–Kier alpha value is -2.13. The maximum absolute atomic E-state index is 12.0. The van der Waals surface area contributed by atoms with Crippen LogP contribution in [0.4, 0.5) is 4.79 Å². The molecule has 2 heterocycles. The minimum absolute atomic E-state index is 0.0868. The van der Waals surface area contributed by atoms with E-state index in [1.165, 1.54) is 7.05 Å². The molecule has 2 saturated heterocycles. The number of carbonyl (C=O) groups excluding carboxylic acids is 3. The SMILES string of the molecule is CCCCNC(=O)CNC(=O)OC[C@H]1[C@@H](C/C=C\CCCC(=O)N(C)O)[C@H]2CC[C@@H]1O2. The van der Waals surface area contributed by atoms with Gasteiger partial charge in [-0.3, -0.25) is 14.8 Å². The van der Waals surface area contributed by atoms with Crippen LogP contribution in [0.1, 0.15) is 58.3 Å². The predicted octanol–water partition coefficient (Wildman–Crippen LogP) is 2.39. The number of allylic oxidation sites excluding steroid dienone is 2. The van der Waals surface area contributed by atoms with Crippen LogP contribution in [0.15, 0.2) is 12.2 Å². The van der Waals surface area contributed by atoms with E-state index in [1.807, 2.05) is 6.92 Å². The molecule has 2 bridgehead atoms. The largest absolute Gasteiger partial charge is 0.449 e. The highest BCUT2D eigenvalue weighted by Gasteiger charge is 2.48. The van der Waals surface area contributed by atoms with Crippen molar-refractivity contribution in [2.75, 3.05) is 26.7 Å². The van der Waals surface area contributed by atoms with Crippen molar-refractivity contribution in [3.05, 3.63) is 12.2 Å². The van der Waals surface area contributed by atoms with Crippen LogP contribution in [0.3, 0.4) is 0 Å². The number of ether oxygens (including phenoxy) is 2.